The summed E-state index contributed by atoms with van der Waals surface area (Å²) in [5, 5.41) is 0.791. The molecule has 4 heteroatoms. The van der Waals surface area contributed by atoms with Gasteiger partial charge in [-0.1, -0.05) is 30.7 Å². The van der Waals surface area contributed by atoms with Crippen LogP contribution in [0.1, 0.15) is 38.2 Å². The molecule has 0 bridgehead atoms. The Balaban J connectivity index is 2.20. The van der Waals surface area contributed by atoms with Gasteiger partial charge in [-0.15, -0.1) is 0 Å². The summed E-state index contributed by atoms with van der Waals surface area (Å²) in [5.74, 6) is 6.76. The molecule has 0 aliphatic heterocycles. The zero-order valence-electron chi connectivity index (χ0n) is 13.4. The number of halogens is 1. The van der Waals surface area contributed by atoms with E-state index in [9.17, 15) is 0 Å². The largest absolute Gasteiger partial charge is 0.302 e. The number of hydrogen-bond acceptors (Lipinski definition) is 3. The van der Waals surface area contributed by atoms with Gasteiger partial charge in [0.15, 0.2) is 0 Å². The summed E-state index contributed by atoms with van der Waals surface area (Å²) in [5.41, 5.74) is 4.46. The van der Waals surface area contributed by atoms with Gasteiger partial charge in [-0.25, -0.2) is 0 Å². The number of hydrogen-bond donors (Lipinski definition) is 2. The normalized spacial score (nSPS) is 27.8. The van der Waals surface area contributed by atoms with E-state index in [0.29, 0.717) is 0 Å². The summed E-state index contributed by atoms with van der Waals surface area (Å²) < 4.78 is 0. The van der Waals surface area contributed by atoms with Crippen molar-refractivity contribution in [2.45, 2.75) is 50.6 Å². The molecule has 1 aliphatic carbocycles. The summed E-state index contributed by atoms with van der Waals surface area (Å²) >= 11 is 6.11. The van der Waals surface area contributed by atoms with Crippen molar-refractivity contribution >= 4 is 11.6 Å². The van der Waals surface area contributed by atoms with E-state index < -0.39 is 0 Å². The van der Waals surface area contributed by atoms with Gasteiger partial charge in [0.1, 0.15) is 0 Å². The van der Waals surface area contributed by atoms with Crippen LogP contribution in [0.2, 0.25) is 5.02 Å². The zero-order valence-corrected chi connectivity index (χ0v) is 14.2. The molecule has 0 radical (unpaired) electrons. The van der Waals surface area contributed by atoms with Crippen LogP contribution < -0.4 is 11.3 Å². The molecular weight excluding hydrogens is 282 g/mol. The van der Waals surface area contributed by atoms with Crippen molar-refractivity contribution in [3.63, 3.8) is 0 Å². The Morgan fingerprint density at radius 2 is 2.05 bits per heavy atom. The van der Waals surface area contributed by atoms with E-state index >= 15 is 0 Å². The Labute approximate surface area is 133 Å². The first kappa shape index (κ1) is 16.8. The number of benzene rings is 1. The van der Waals surface area contributed by atoms with E-state index in [-0.39, 0.29) is 11.6 Å². The van der Waals surface area contributed by atoms with Crippen LogP contribution in [-0.2, 0) is 6.42 Å². The molecule has 21 heavy (non-hydrogen) atoms. The fourth-order valence-corrected chi connectivity index (χ4v) is 3.89. The van der Waals surface area contributed by atoms with Gasteiger partial charge in [0.25, 0.3) is 0 Å². The minimum atomic E-state index is 0.129. The Hall–Kier alpha value is -0.610. The number of nitrogens with one attached hydrogen (secondary N) is 1. The van der Waals surface area contributed by atoms with Crippen molar-refractivity contribution < 1.29 is 0 Å². The highest BCUT2D eigenvalue weighted by atomic mass is 35.5. The van der Waals surface area contributed by atoms with E-state index in [1.165, 1.54) is 31.2 Å². The van der Waals surface area contributed by atoms with Crippen molar-refractivity contribution in [1.82, 2.24) is 10.3 Å². The van der Waals surface area contributed by atoms with E-state index in [4.69, 9.17) is 17.4 Å². The lowest BCUT2D eigenvalue weighted by atomic mass is 9.71. The first-order valence-corrected chi connectivity index (χ1v) is 8.24. The Morgan fingerprint density at radius 1 is 1.38 bits per heavy atom. The number of hydrazine groups is 1. The lowest BCUT2D eigenvalue weighted by Crippen LogP contribution is -2.62. The van der Waals surface area contributed by atoms with Gasteiger partial charge >= 0.3 is 0 Å². The van der Waals surface area contributed by atoms with Gasteiger partial charge in [0, 0.05) is 16.6 Å². The molecule has 0 aromatic heterocycles. The summed E-state index contributed by atoms with van der Waals surface area (Å²) in [7, 11) is 4.36. The quantitative estimate of drug-likeness (QED) is 0.648. The first-order valence-electron chi connectivity index (χ1n) is 7.86. The fourth-order valence-electron chi connectivity index (χ4n) is 3.67. The molecule has 1 fully saturated rings. The molecule has 0 spiro atoms. The molecule has 2 rings (SSSR count). The van der Waals surface area contributed by atoms with Gasteiger partial charge in [-0.2, -0.15) is 0 Å². The van der Waals surface area contributed by atoms with Crippen LogP contribution >= 0.6 is 11.6 Å². The van der Waals surface area contributed by atoms with Gasteiger partial charge < -0.3 is 4.90 Å². The predicted molar refractivity (Wildman–Crippen MR) is 90.3 cm³/mol. The molecule has 1 saturated carbocycles. The fraction of sp³-hybridized carbons (Fsp3) is 0.647. The second-order valence-corrected chi connectivity index (χ2v) is 7.17. The highest BCUT2D eigenvalue weighted by Gasteiger charge is 2.42. The van der Waals surface area contributed by atoms with Gasteiger partial charge in [0.05, 0.1) is 0 Å². The molecule has 1 atom stereocenters. The van der Waals surface area contributed by atoms with Crippen molar-refractivity contribution in [2.75, 3.05) is 14.1 Å². The monoisotopic (exact) mass is 309 g/mol. The van der Waals surface area contributed by atoms with Crippen LogP contribution in [0.4, 0.5) is 0 Å². The lowest BCUT2D eigenvalue weighted by Gasteiger charge is -2.49. The molecule has 1 aromatic carbocycles. The standard InChI is InChI=1S/C17H28ClN3/c1-13-7-9-17(10-8-13,21(2)3)16(20-19)12-14-5-4-6-15(18)11-14/h4-6,11,13,16,20H,7-10,12,19H2,1-3H3. The average molecular weight is 310 g/mol. The number of likely N-dealkylation sites (N-methyl/N-ethyl adjacent to an activating group) is 1. The minimum absolute atomic E-state index is 0.129. The van der Waals surface area contributed by atoms with Crippen LogP contribution in [-0.4, -0.2) is 30.6 Å². The summed E-state index contributed by atoms with van der Waals surface area (Å²) in [6, 6.07) is 8.33. The number of rotatable bonds is 5. The molecule has 118 valence electrons. The Morgan fingerprint density at radius 3 is 2.57 bits per heavy atom. The molecule has 1 unspecified atom stereocenters. The highest BCUT2D eigenvalue weighted by Crippen LogP contribution is 2.38. The Kier molecular flexibility index (Phi) is 5.67. The van der Waals surface area contributed by atoms with Crippen LogP contribution in [0.3, 0.4) is 0 Å². The third-order valence-corrected chi connectivity index (χ3v) is 5.44. The van der Waals surface area contributed by atoms with Crippen LogP contribution in [0.15, 0.2) is 24.3 Å². The molecule has 3 N–H and O–H groups in total. The summed E-state index contributed by atoms with van der Waals surface area (Å²) in [6.07, 6.45) is 5.83. The zero-order chi connectivity index (χ0) is 15.5. The van der Waals surface area contributed by atoms with E-state index in [2.05, 4.69) is 37.4 Å². The minimum Gasteiger partial charge on any atom is -0.302 e. The molecule has 1 aromatic rings. The Bertz CT molecular complexity index is 453. The topological polar surface area (TPSA) is 41.3 Å². The molecule has 0 heterocycles. The molecule has 1 aliphatic rings. The maximum Gasteiger partial charge on any atom is 0.0434 e. The van der Waals surface area contributed by atoms with Crippen LogP contribution in [0, 0.1) is 5.92 Å². The number of nitrogens with zero attached hydrogens (tertiary/aromatic N) is 1. The van der Waals surface area contributed by atoms with E-state index in [1.54, 1.807) is 0 Å². The second kappa shape index (κ2) is 7.10. The highest BCUT2D eigenvalue weighted by molar-refractivity contribution is 6.30. The molecule has 3 nitrogen and oxygen atoms in total. The summed E-state index contributed by atoms with van der Waals surface area (Å²) in [6.45, 7) is 2.35. The van der Waals surface area contributed by atoms with Crippen molar-refractivity contribution in [3.05, 3.63) is 34.9 Å². The van der Waals surface area contributed by atoms with Gasteiger partial charge in [-0.3, -0.25) is 11.3 Å². The van der Waals surface area contributed by atoms with Gasteiger partial charge in [0.2, 0.25) is 0 Å². The van der Waals surface area contributed by atoms with E-state index in [0.717, 1.165) is 17.4 Å². The van der Waals surface area contributed by atoms with Gasteiger partial charge in [-0.05, 0) is 69.8 Å². The second-order valence-electron chi connectivity index (χ2n) is 6.73. The maximum atomic E-state index is 6.11. The lowest BCUT2D eigenvalue weighted by molar-refractivity contribution is 0.0434. The average Bonchev–Trinajstić information content (AvgIpc) is 2.46. The smallest absolute Gasteiger partial charge is 0.0434 e. The van der Waals surface area contributed by atoms with Crippen molar-refractivity contribution in [2.24, 2.45) is 11.8 Å². The van der Waals surface area contributed by atoms with E-state index in [1.807, 2.05) is 18.2 Å². The maximum absolute atomic E-state index is 6.11. The molecular formula is C17H28ClN3. The molecule has 0 saturated heterocycles. The van der Waals surface area contributed by atoms with Crippen LogP contribution in [0.5, 0.6) is 0 Å². The summed E-state index contributed by atoms with van der Waals surface area (Å²) in [4.78, 5) is 2.37. The number of nitrogens with two attached hydrogens (primary N) is 1. The third kappa shape index (κ3) is 3.78. The molecule has 0 amide bonds. The predicted octanol–water partition coefficient (Wildman–Crippen LogP) is 3.22. The third-order valence-electron chi connectivity index (χ3n) is 5.21. The van der Waals surface area contributed by atoms with Crippen LogP contribution in [0.25, 0.3) is 0 Å². The van der Waals surface area contributed by atoms with Crippen molar-refractivity contribution in [1.29, 1.82) is 0 Å². The SMILES string of the molecule is CC1CCC(C(Cc2cccc(Cl)c2)NN)(N(C)C)CC1. The first-order chi connectivity index (χ1) is 9.98. The van der Waals surface area contributed by atoms with Crippen molar-refractivity contribution in [3.8, 4) is 0 Å².